The number of para-hydroxylation sites is 2. The molecule has 0 bridgehead atoms. The molecule has 196 valence electrons. The van der Waals surface area contributed by atoms with Crippen LogP contribution in [0.4, 0.5) is 0 Å². The van der Waals surface area contributed by atoms with E-state index in [-0.39, 0.29) is 0 Å². The molecule has 0 aliphatic rings. The maximum absolute atomic E-state index is 9.58. The zero-order chi connectivity index (χ0) is 28.3. The zero-order valence-electron chi connectivity index (χ0n) is 22.5. The Morgan fingerprint density at radius 3 is 1.81 bits per heavy atom. The van der Waals surface area contributed by atoms with E-state index in [0.29, 0.717) is 22.6 Å². The van der Waals surface area contributed by atoms with E-state index >= 15 is 0 Å². The predicted molar refractivity (Wildman–Crippen MR) is 167 cm³/mol. The van der Waals surface area contributed by atoms with Gasteiger partial charge in [-0.2, -0.15) is 5.26 Å². The average Bonchev–Trinajstić information content (AvgIpc) is 3.08. The van der Waals surface area contributed by atoms with Gasteiger partial charge in [0.15, 0.2) is 0 Å². The molecule has 0 unspecified atom stereocenters. The van der Waals surface area contributed by atoms with Gasteiger partial charge >= 0.3 is 0 Å². The second kappa shape index (κ2) is 10.9. The van der Waals surface area contributed by atoms with Crippen molar-refractivity contribution < 1.29 is 0 Å². The lowest BCUT2D eigenvalue weighted by Crippen LogP contribution is -1.99. The van der Waals surface area contributed by atoms with Crippen molar-refractivity contribution in [3.05, 3.63) is 145 Å². The summed E-state index contributed by atoms with van der Waals surface area (Å²) in [5.74, 6) is 0. The molecular weight excluding hydrogens is 514 g/mol. The van der Waals surface area contributed by atoms with Gasteiger partial charge in [0.25, 0.3) is 0 Å². The SMILES string of the molecule is N#Cc1cccc(-c2nc3ccccc3nc2-c2cc(-c3ccc(-c4ccccn4)cc3)cc(-c3ccccc3)n2)c1. The van der Waals surface area contributed by atoms with Crippen molar-refractivity contribution in [1.82, 2.24) is 19.9 Å². The van der Waals surface area contributed by atoms with Gasteiger partial charge in [0, 0.05) is 22.9 Å². The summed E-state index contributed by atoms with van der Waals surface area (Å²) >= 11 is 0. The van der Waals surface area contributed by atoms with Gasteiger partial charge < -0.3 is 0 Å². The van der Waals surface area contributed by atoms with Crippen LogP contribution < -0.4 is 0 Å². The van der Waals surface area contributed by atoms with Crippen LogP contribution in [0.25, 0.3) is 67.3 Å². The fraction of sp³-hybridized carbons (Fsp3) is 0. The number of pyridine rings is 2. The summed E-state index contributed by atoms with van der Waals surface area (Å²) in [4.78, 5) is 19.7. The van der Waals surface area contributed by atoms with E-state index in [9.17, 15) is 5.26 Å². The molecule has 42 heavy (non-hydrogen) atoms. The van der Waals surface area contributed by atoms with Gasteiger partial charge in [-0.3, -0.25) is 4.98 Å². The molecular formula is C37H23N5. The van der Waals surface area contributed by atoms with E-state index in [1.54, 1.807) is 12.3 Å². The van der Waals surface area contributed by atoms with Gasteiger partial charge in [0.1, 0.15) is 5.69 Å². The number of aromatic nitrogens is 4. The Balaban J connectivity index is 1.44. The summed E-state index contributed by atoms with van der Waals surface area (Å²) in [6, 6.07) is 46.2. The molecule has 0 amide bonds. The highest BCUT2D eigenvalue weighted by atomic mass is 14.9. The molecule has 0 saturated heterocycles. The molecule has 0 spiro atoms. The highest BCUT2D eigenvalue weighted by Gasteiger charge is 2.17. The summed E-state index contributed by atoms with van der Waals surface area (Å²) in [7, 11) is 0. The lowest BCUT2D eigenvalue weighted by atomic mass is 9.98. The molecule has 7 aromatic rings. The average molecular weight is 538 g/mol. The number of nitriles is 1. The molecule has 5 nitrogen and oxygen atoms in total. The van der Waals surface area contributed by atoms with E-state index in [1.807, 2.05) is 78.9 Å². The molecule has 4 aromatic carbocycles. The van der Waals surface area contributed by atoms with Crippen molar-refractivity contribution in [2.24, 2.45) is 0 Å². The normalized spacial score (nSPS) is 10.8. The van der Waals surface area contributed by atoms with Crippen molar-refractivity contribution in [2.45, 2.75) is 0 Å². The Labute approximate surface area is 243 Å². The summed E-state index contributed by atoms with van der Waals surface area (Å²) in [5.41, 5.74) is 10.9. The van der Waals surface area contributed by atoms with E-state index in [2.05, 4.69) is 59.6 Å². The van der Waals surface area contributed by atoms with Gasteiger partial charge in [-0.25, -0.2) is 15.0 Å². The first-order valence-electron chi connectivity index (χ1n) is 13.6. The predicted octanol–water partition coefficient (Wildman–Crippen LogP) is 8.63. The number of hydrogen-bond donors (Lipinski definition) is 0. The maximum atomic E-state index is 9.58. The van der Waals surface area contributed by atoms with Gasteiger partial charge in [0.2, 0.25) is 0 Å². The quantitative estimate of drug-likeness (QED) is 0.220. The van der Waals surface area contributed by atoms with Crippen LogP contribution >= 0.6 is 0 Å². The second-order valence-electron chi connectivity index (χ2n) is 9.89. The minimum Gasteiger partial charge on any atom is -0.256 e. The summed E-state index contributed by atoms with van der Waals surface area (Å²) in [5, 5.41) is 9.58. The lowest BCUT2D eigenvalue weighted by molar-refractivity contribution is 1.24. The summed E-state index contributed by atoms with van der Waals surface area (Å²) in [6.07, 6.45) is 1.80. The molecule has 0 radical (unpaired) electrons. The standard InChI is InChI=1S/C37H23N5/c38-24-25-9-8-12-29(21-25)36-37(42-33-15-5-4-14-32(33)41-36)35-23-30(22-34(40-35)27-10-2-1-3-11-27)26-16-18-28(19-17-26)31-13-6-7-20-39-31/h1-23H. The lowest BCUT2D eigenvalue weighted by Gasteiger charge is -2.14. The van der Waals surface area contributed by atoms with Gasteiger partial charge in [-0.1, -0.05) is 84.9 Å². The van der Waals surface area contributed by atoms with Crippen LogP contribution in [-0.2, 0) is 0 Å². The Morgan fingerprint density at radius 1 is 0.429 bits per heavy atom. The van der Waals surface area contributed by atoms with E-state index in [0.717, 1.165) is 50.2 Å². The molecule has 7 rings (SSSR count). The number of hydrogen-bond acceptors (Lipinski definition) is 5. The van der Waals surface area contributed by atoms with Gasteiger partial charge in [-0.05, 0) is 59.7 Å². The van der Waals surface area contributed by atoms with E-state index < -0.39 is 0 Å². The molecule has 0 aliphatic heterocycles. The molecule has 3 aromatic heterocycles. The summed E-state index contributed by atoms with van der Waals surface area (Å²) in [6.45, 7) is 0. The number of rotatable bonds is 5. The molecule has 0 saturated carbocycles. The van der Waals surface area contributed by atoms with Crippen LogP contribution in [-0.4, -0.2) is 19.9 Å². The molecule has 3 heterocycles. The van der Waals surface area contributed by atoms with Crippen molar-refractivity contribution in [1.29, 1.82) is 5.26 Å². The fourth-order valence-electron chi connectivity index (χ4n) is 5.06. The Kier molecular flexibility index (Phi) is 6.48. The Bertz CT molecular complexity index is 2080. The monoisotopic (exact) mass is 537 g/mol. The molecule has 0 aliphatic carbocycles. The van der Waals surface area contributed by atoms with Crippen LogP contribution in [0.3, 0.4) is 0 Å². The minimum absolute atomic E-state index is 0.563. The largest absolute Gasteiger partial charge is 0.256 e. The minimum atomic E-state index is 0.563. The number of fused-ring (bicyclic) bond motifs is 1. The van der Waals surface area contributed by atoms with Crippen molar-refractivity contribution >= 4 is 11.0 Å². The van der Waals surface area contributed by atoms with Crippen LogP contribution in [0, 0.1) is 11.3 Å². The van der Waals surface area contributed by atoms with Gasteiger partial charge in [0.05, 0.1) is 45.4 Å². The second-order valence-corrected chi connectivity index (χ2v) is 9.89. The van der Waals surface area contributed by atoms with Crippen molar-refractivity contribution in [3.8, 4) is 62.4 Å². The third kappa shape index (κ3) is 4.90. The highest BCUT2D eigenvalue weighted by Crippen LogP contribution is 2.35. The first-order chi connectivity index (χ1) is 20.7. The smallest absolute Gasteiger partial charge is 0.116 e. The topological polar surface area (TPSA) is 75.3 Å². The fourth-order valence-corrected chi connectivity index (χ4v) is 5.06. The third-order valence-electron chi connectivity index (χ3n) is 7.15. The Morgan fingerprint density at radius 2 is 1.07 bits per heavy atom. The van der Waals surface area contributed by atoms with Crippen LogP contribution in [0.15, 0.2) is 140 Å². The van der Waals surface area contributed by atoms with Crippen LogP contribution in [0.2, 0.25) is 0 Å². The zero-order valence-corrected chi connectivity index (χ0v) is 22.5. The molecule has 0 N–H and O–H groups in total. The molecule has 5 heteroatoms. The summed E-state index contributed by atoms with van der Waals surface area (Å²) < 4.78 is 0. The molecule has 0 atom stereocenters. The third-order valence-corrected chi connectivity index (χ3v) is 7.15. The van der Waals surface area contributed by atoms with E-state index in [4.69, 9.17) is 15.0 Å². The van der Waals surface area contributed by atoms with Crippen LogP contribution in [0.5, 0.6) is 0 Å². The van der Waals surface area contributed by atoms with Gasteiger partial charge in [-0.15, -0.1) is 0 Å². The number of nitrogens with zero attached hydrogens (tertiary/aromatic N) is 5. The highest BCUT2D eigenvalue weighted by molar-refractivity contribution is 5.87. The molecule has 0 fully saturated rings. The van der Waals surface area contributed by atoms with Crippen molar-refractivity contribution in [2.75, 3.05) is 0 Å². The first kappa shape index (κ1) is 25.0. The maximum Gasteiger partial charge on any atom is 0.116 e. The first-order valence-corrected chi connectivity index (χ1v) is 13.6. The van der Waals surface area contributed by atoms with Crippen molar-refractivity contribution in [3.63, 3.8) is 0 Å². The Hall–Kier alpha value is -5.99. The number of benzene rings is 4. The van der Waals surface area contributed by atoms with Crippen LogP contribution in [0.1, 0.15) is 5.56 Å². The van der Waals surface area contributed by atoms with E-state index in [1.165, 1.54) is 0 Å².